The van der Waals surface area contributed by atoms with Gasteiger partial charge in [0.1, 0.15) is 0 Å². The molecule has 0 heterocycles. The van der Waals surface area contributed by atoms with Gasteiger partial charge in [0.2, 0.25) is 0 Å². The zero-order valence-electron chi connectivity index (χ0n) is 10.3. The SMILES string of the molecule is Cc1cccc(C)c1-c1cccc(C(=O)OO)c1. The molecule has 0 aromatic heterocycles. The van der Waals surface area contributed by atoms with Crippen molar-refractivity contribution in [2.45, 2.75) is 13.8 Å². The van der Waals surface area contributed by atoms with E-state index in [9.17, 15) is 4.79 Å². The van der Waals surface area contributed by atoms with Crippen molar-refractivity contribution in [3.8, 4) is 11.1 Å². The largest absolute Gasteiger partial charge is 0.372 e. The van der Waals surface area contributed by atoms with E-state index in [4.69, 9.17) is 5.26 Å². The average molecular weight is 242 g/mol. The molecule has 0 aliphatic carbocycles. The smallest absolute Gasteiger partial charge is 0.296 e. The molecule has 0 fully saturated rings. The van der Waals surface area contributed by atoms with Gasteiger partial charge in [-0.15, -0.1) is 0 Å². The molecule has 0 unspecified atom stereocenters. The lowest BCUT2D eigenvalue weighted by molar-refractivity contribution is -0.182. The summed E-state index contributed by atoms with van der Waals surface area (Å²) in [6, 6.07) is 13.1. The highest BCUT2D eigenvalue weighted by molar-refractivity contribution is 5.91. The molecule has 3 heteroatoms. The lowest BCUT2D eigenvalue weighted by Crippen LogP contribution is -2.01. The van der Waals surface area contributed by atoms with Gasteiger partial charge in [0.15, 0.2) is 0 Å². The first-order valence-corrected chi connectivity index (χ1v) is 5.66. The summed E-state index contributed by atoms with van der Waals surface area (Å²) >= 11 is 0. The molecular formula is C15H14O3. The minimum atomic E-state index is -0.747. The van der Waals surface area contributed by atoms with Gasteiger partial charge < -0.3 is 0 Å². The number of hydrogen-bond acceptors (Lipinski definition) is 3. The molecule has 2 aromatic carbocycles. The Morgan fingerprint density at radius 2 is 1.67 bits per heavy atom. The van der Waals surface area contributed by atoms with E-state index in [1.54, 1.807) is 18.2 Å². The molecule has 0 saturated heterocycles. The lowest BCUT2D eigenvalue weighted by atomic mass is 9.95. The van der Waals surface area contributed by atoms with E-state index >= 15 is 0 Å². The van der Waals surface area contributed by atoms with Crippen molar-refractivity contribution in [2.24, 2.45) is 0 Å². The third-order valence-electron chi connectivity index (χ3n) is 2.95. The molecule has 2 rings (SSSR count). The number of aryl methyl sites for hydroxylation is 2. The first kappa shape index (κ1) is 12.3. The zero-order valence-corrected chi connectivity index (χ0v) is 10.3. The quantitative estimate of drug-likeness (QED) is 0.646. The fourth-order valence-corrected chi connectivity index (χ4v) is 2.12. The van der Waals surface area contributed by atoms with E-state index < -0.39 is 5.97 Å². The van der Waals surface area contributed by atoms with Crippen LogP contribution in [-0.2, 0) is 4.89 Å². The van der Waals surface area contributed by atoms with E-state index in [1.165, 1.54) is 0 Å². The Balaban J connectivity index is 2.55. The first-order chi connectivity index (χ1) is 8.63. The third kappa shape index (κ3) is 2.26. The summed E-state index contributed by atoms with van der Waals surface area (Å²) in [4.78, 5) is 15.0. The van der Waals surface area contributed by atoms with Crippen molar-refractivity contribution in [1.82, 2.24) is 0 Å². The molecule has 0 spiro atoms. The Hall–Kier alpha value is -2.13. The molecular weight excluding hydrogens is 228 g/mol. The van der Waals surface area contributed by atoms with Crippen molar-refractivity contribution < 1.29 is 14.9 Å². The zero-order chi connectivity index (χ0) is 13.1. The monoisotopic (exact) mass is 242 g/mol. The van der Waals surface area contributed by atoms with E-state index in [-0.39, 0.29) is 0 Å². The summed E-state index contributed by atoms with van der Waals surface area (Å²) in [5, 5.41) is 8.41. The molecule has 1 N–H and O–H groups in total. The van der Waals surface area contributed by atoms with Gasteiger partial charge in [0.05, 0.1) is 5.56 Å². The fourth-order valence-electron chi connectivity index (χ4n) is 2.12. The van der Waals surface area contributed by atoms with Gasteiger partial charge in [-0.05, 0) is 48.2 Å². The van der Waals surface area contributed by atoms with Gasteiger partial charge in [-0.2, -0.15) is 5.26 Å². The van der Waals surface area contributed by atoms with Gasteiger partial charge in [-0.3, -0.25) is 4.89 Å². The van der Waals surface area contributed by atoms with Crippen LogP contribution in [0.1, 0.15) is 21.5 Å². The molecule has 0 amide bonds. The number of carbonyl (C=O) groups excluding carboxylic acids is 1. The molecule has 92 valence electrons. The highest BCUT2D eigenvalue weighted by atomic mass is 17.1. The van der Waals surface area contributed by atoms with Crippen molar-refractivity contribution in [3.63, 3.8) is 0 Å². The molecule has 0 radical (unpaired) electrons. The molecule has 18 heavy (non-hydrogen) atoms. The molecule has 0 aliphatic heterocycles. The van der Waals surface area contributed by atoms with Gasteiger partial charge in [-0.1, -0.05) is 30.3 Å². The van der Waals surface area contributed by atoms with Crippen molar-refractivity contribution in [1.29, 1.82) is 0 Å². The third-order valence-corrected chi connectivity index (χ3v) is 2.95. The first-order valence-electron chi connectivity index (χ1n) is 5.66. The van der Waals surface area contributed by atoms with E-state index in [0.29, 0.717) is 5.56 Å². The van der Waals surface area contributed by atoms with Crippen molar-refractivity contribution in [3.05, 3.63) is 59.2 Å². The maximum absolute atomic E-state index is 11.3. The highest BCUT2D eigenvalue weighted by Gasteiger charge is 2.10. The maximum atomic E-state index is 11.3. The van der Waals surface area contributed by atoms with Gasteiger partial charge in [0.25, 0.3) is 0 Å². The van der Waals surface area contributed by atoms with Crippen molar-refractivity contribution in [2.75, 3.05) is 0 Å². The summed E-state index contributed by atoms with van der Waals surface area (Å²) in [5.41, 5.74) is 4.66. The van der Waals surface area contributed by atoms with Gasteiger partial charge >= 0.3 is 5.97 Å². The summed E-state index contributed by atoms with van der Waals surface area (Å²) in [7, 11) is 0. The topological polar surface area (TPSA) is 46.5 Å². The summed E-state index contributed by atoms with van der Waals surface area (Å²) in [5.74, 6) is -0.747. The molecule has 0 atom stereocenters. The maximum Gasteiger partial charge on any atom is 0.372 e. The van der Waals surface area contributed by atoms with Crippen molar-refractivity contribution >= 4 is 5.97 Å². The standard InChI is InChI=1S/C15H14O3/c1-10-5-3-6-11(2)14(10)12-7-4-8-13(9-12)15(16)18-17/h3-9,17H,1-2H3. The van der Waals surface area contributed by atoms with Crippen LogP contribution in [0.25, 0.3) is 11.1 Å². The Bertz CT molecular complexity index is 568. The van der Waals surface area contributed by atoms with Crippen LogP contribution >= 0.6 is 0 Å². The number of rotatable bonds is 2. The second-order valence-corrected chi connectivity index (χ2v) is 4.23. The summed E-state index contributed by atoms with van der Waals surface area (Å²) in [6.45, 7) is 4.05. The number of carbonyl (C=O) groups is 1. The number of hydrogen-bond donors (Lipinski definition) is 1. The van der Waals surface area contributed by atoms with Crippen LogP contribution < -0.4 is 0 Å². The predicted octanol–water partition coefficient (Wildman–Crippen LogP) is 3.60. The fraction of sp³-hybridized carbons (Fsp3) is 0.133. The Kier molecular flexibility index (Phi) is 3.44. The molecule has 3 nitrogen and oxygen atoms in total. The normalized spacial score (nSPS) is 10.2. The second kappa shape index (κ2) is 5.02. The molecule has 2 aromatic rings. The van der Waals surface area contributed by atoms with Crippen LogP contribution in [-0.4, -0.2) is 11.2 Å². The summed E-state index contributed by atoms with van der Waals surface area (Å²) in [6.07, 6.45) is 0. The second-order valence-electron chi connectivity index (χ2n) is 4.23. The van der Waals surface area contributed by atoms with E-state index in [2.05, 4.69) is 4.89 Å². The van der Waals surface area contributed by atoms with Crippen LogP contribution in [0.2, 0.25) is 0 Å². The average Bonchev–Trinajstić information content (AvgIpc) is 2.38. The molecule has 0 bridgehead atoms. The van der Waals surface area contributed by atoms with Gasteiger partial charge in [0, 0.05) is 0 Å². The Morgan fingerprint density at radius 1 is 1.06 bits per heavy atom. The summed E-state index contributed by atoms with van der Waals surface area (Å²) < 4.78 is 0. The van der Waals surface area contributed by atoms with E-state index in [1.807, 2.05) is 38.1 Å². The molecule has 0 aliphatic rings. The van der Waals surface area contributed by atoms with Crippen LogP contribution in [0.3, 0.4) is 0 Å². The molecule has 0 saturated carbocycles. The Labute approximate surface area is 106 Å². The van der Waals surface area contributed by atoms with Crippen LogP contribution in [0, 0.1) is 13.8 Å². The van der Waals surface area contributed by atoms with E-state index in [0.717, 1.165) is 22.3 Å². The minimum absolute atomic E-state index is 0.331. The van der Waals surface area contributed by atoms with Crippen LogP contribution in [0.5, 0.6) is 0 Å². The Morgan fingerprint density at radius 3 is 2.28 bits per heavy atom. The van der Waals surface area contributed by atoms with Gasteiger partial charge in [-0.25, -0.2) is 4.79 Å². The predicted molar refractivity (Wildman–Crippen MR) is 69.4 cm³/mol. The van der Waals surface area contributed by atoms with Crippen LogP contribution in [0.4, 0.5) is 0 Å². The highest BCUT2D eigenvalue weighted by Crippen LogP contribution is 2.27. The minimum Gasteiger partial charge on any atom is -0.296 e. The number of benzene rings is 2. The lowest BCUT2D eigenvalue weighted by Gasteiger charge is -2.10. The van der Waals surface area contributed by atoms with Crippen LogP contribution in [0.15, 0.2) is 42.5 Å².